The van der Waals surface area contributed by atoms with Crippen LogP contribution in [0.2, 0.25) is 0 Å². The molecule has 102 valence electrons. The normalized spacial score (nSPS) is 19.0. The topological polar surface area (TPSA) is 63.4 Å². The Morgan fingerprint density at radius 2 is 2.05 bits per heavy atom. The first-order chi connectivity index (χ1) is 8.88. The molecule has 1 fully saturated rings. The van der Waals surface area contributed by atoms with Gasteiger partial charge < -0.3 is 10.6 Å². The minimum atomic E-state index is 0.0576. The number of hydrogen-bond donors (Lipinski definition) is 1. The Kier molecular flexibility index (Phi) is 3.85. The van der Waals surface area contributed by atoms with Gasteiger partial charge in [0.05, 0.1) is 0 Å². The van der Waals surface area contributed by atoms with E-state index in [1.54, 1.807) is 4.90 Å². The average molecular weight is 278 g/mol. The molecule has 1 amide bonds. The molecule has 0 aromatic heterocycles. The van der Waals surface area contributed by atoms with Crippen LogP contribution in [0.25, 0.3) is 0 Å². The van der Waals surface area contributed by atoms with Crippen LogP contribution in [0, 0.1) is 13.8 Å². The van der Waals surface area contributed by atoms with Crippen molar-refractivity contribution < 1.29 is 9.59 Å². The van der Waals surface area contributed by atoms with Gasteiger partial charge in [0.25, 0.3) is 0 Å². The van der Waals surface area contributed by atoms with Crippen molar-refractivity contribution in [1.82, 2.24) is 0 Å². The number of hydrogen-bond acceptors (Lipinski definition) is 4. The van der Waals surface area contributed by atoms with Crippen molar-refractivity contribution in [2.45, 2.75) is 32.4 Å². The zero-order valence-electron chi connectivity index (χ0n) is 11.4. The van der Waals surface area contributed by atoms with Crippen molar-refractivity contribution >= 4 is 34.2 Å². The fourth-order valence-corrected chi connectivity index (χ4v) is 3.25. The predicted octanol–water partition coefficient (Wildman–Crippen LogP) is 2.27. The second kappa shape index (κ2) is 5.25. The van der Waals surface area contributed by atoms with Crippen LogP contribution in [-0.2, 0) is 9.59 Å². The van der Waals surface area contributed by atoms with E-state index < -0.39 is 0 Å². The summed E-state index contributed by atoms with van der Waals surface area (Å²) in [6.07, 6.45) is 0.424. The highest BCUT2D eigenvalue weighted by Crippen LogP contribution is 2.32. The van der Waals surface area contributed by atoms with Gasteiger partial charge in [0.2, 0.25) is 5.91 Å². The molecule has 1 aromatic carbocycles. The molecule has 2 N–H and O–H groups in total. The number of aryl methyl sites for hydroxylation is 2. The summed E-state index contributed by atoms with van der Waals surface area (Å²) in [6, 6.07) is 3.84. The van der Waals surface area contributed by atoms with Gasteiger partial charge in [-0.15, -0.1) is 0 Å². The minimum absolute atomic E-state index is 0.0576. The first-order valence-electron chi connectivity index (χ1n) is 6.22. The standard InChI is InChI=1S/C14H18N2O2S/c1-8-5-13(9(2)4-12(8)15)16-7-11(6-14(16)18)19-10(3)17/h4-5,11H,6-7,15H2,1-3H3. The third kappa shape index (κ3) is 2.92. The number of amides is 1. The maximum absolute atomic E-state index is 12.1. The van der Waals surface area contributed by atoms with Crippen LogP contribution in [0.4, 0.5) is 11.4 Å². The summed E-state index contributed by atoms with van der Waals surface area (Å²) in [6.45, 7) is 6.01. The van der Waals surface area contributed by atoms with E-state index in [1.165, 1.54) is 18.7 Å². The summed E-state index contributed by atoms with van der Waals surface area (Å²) in [7, 11) is 0. The molecule has 1 aliphatic rings. The fraction of sp³-hybridized carbons (Fsp3) is 0.429. The Labute approximate surface area is 117 Å². The van der Waals surface area contributed by atoms with Crippen molar-refractivity contribution in [3.05, 3.63) is 23.3 Å². The maximum atomic E-state index is 12.1. The number of carbonyl (C=O) groups is 2. The van der Waals surface area contributed by atoms with Crippen LogP contribution < -0.4 is 10.6 Å². The Morgan fingerprint density at radius 3 is 2.68 bits per heavy atom. The molecule has 5 heteroatoms. The first kappa shape index (κ1) is 13.9. The Balaban J connectivity index is 2.25. The number of nitrogens with zero attached hydrogens (tertiary/aromatic N) is 1. The lowest BCUT2D eigenvalue weighted by Gasteiger charge is -2.20. The van der Waals surface area contributed by atoms with Gasteiger partial charge in [-0.3, -0.25) is 9.59 Å². The summed E-state index contributed by atoms with van der Waals surface area (Å²) in [5.74, 6) is 0.0750. The molecule has 0 aliphatic carbocycles. The molecule has 19 heavy (non-hydrogen) atoms. The van der Waals surface area contributed by atoms with E-state index in [0.717, 1.165) is 22.5 Å². The zero-order valence-corrected chi connectivity index (χ0v) is 12.2. The van der Waals surface area contributed by atoms with Crippen LogP contribution >= 0.6 is 11.8 Å². The average Bonchev–Trinajstić information content (AvgIpc) is 2.63. The van der Waals surface area contributed by atoms with Crippen molar-refractivity contribution in [1.29, 1.82) is 0 Å². The smallest absolute Gasteiger partial charge is 0.228 e. The summed E-state index contributed by atoms with van der Waals surface area (Å²) in [5, 5.41) is 0.118. The lowest BCUT2D eigenvalue weighted by Crippen LogP contribution is -2.26. The van der Waals surface area contributed by atoms with Crippen molar-refractivity contribution in [3.8, 4) is 0 Å². The summed E-state index contributed by atoms with van der Waals surface area (Å²) >= 11 is 1.25. The second-order valence-corrected chi connectivity index (χ2v) is 6.41. The van der Waals surface area contributed by atoms with Crippen LogP contribution in [0.1, 0.15) is 24.5 Å². The van der Waals surface area contributed by atoms with Crippen molar-refractivity contribution in [2.75, 3.05) is 17.2 Å². The zero-order chi connectivity index (χ0) is 14.2. The van der Waals surface area contributed by atoms with Crippen molar-refractivity contribution in [2.24, 2.45) is 0 Å². The van der Waals surface area contributed by atoms with Gasteiger partial charge in [0.15, 0.2) is 5.12 Å². The highest BCUT2D eigenvalue weighted by molar-refractivity contribution is 8.14. The van der Waals surface area contributed by atoms with Gasteiger partial charge in [-0.2, -0.15) is 0 Å². The molecule has 0 spiro atoms. The molecule has 1 heterocycles. The molecule has 0 saturated carbocycles. The van der Waals surface area contributed by atoms with Gasteiger partial charge in [-0.05, 0) is 37.1 Å². The Morgan fingerprint density at radius 1 is 1.37 bits per heavy atom. The number of carbonyl (C=O) groups excluding carboxylic acids is 2. The predicted molar refractivity (Wildman–Crippen MR) is 79.4 cm³/mol. The van der Waals surface area contributed by atoms with Gasteiger partial charge in [-0.1, -0.05) is 11.8 Å². The minimum Gasteiger partial charge on any atom is -0.399 e. The number of thioether (sulfide) groups is 1. The molecule has 1 saturated heterocycles. The molecular weight excluding hydrogens is 260 g/mol. The molecule has 0 radical (unpaired) electrons. The summed E-state index contributed by atoms with van der Waals surface area (Å²) in [5.41, 5.74) is 9.47. The third-order valence-electron chi connectivity index (χ3n) is 3.30. The van der Waals surface area contributed by atoms with E-state index in [-0.39, 0.29) is 16.3 Å². The summed E-state index contributed by atoms with van der Waals surface area (Å²) in [4.78, 5) is 25.0. The molecular formula is C14H18N2O2S. The van der Waals surface area contributed by atoms with E-state index >= 15 is 0 Å². The molecule has 4 nitrogen and oxygen atoms in total. The molecule has 1 unspecified atom stereocenters. The largest absolute Gasteiger partial charge is 0.399 e. The molecule has 1 atom stereocenters. The van der Waals surface area contributed by atoms with Gasteiger partial charge in [-0.25, -0.2) is 0 Å². The lowest BCUT2D eigenvalue weighted by molar-refractivity contribution is -0.117. The lowest BCUT2D eigenvalue weighted by atomic mass is 10.1. The van der Waals surface area contributed by atoms with E-state index in [4.69, 9.17) is 5.73 Å². The van der Waals surface area contributed by atoms with E-state index in [9.17, 15) is 9.59 Å². The number of benzene rings is 1. The number of anilines is 2. The summed E-state index contributed by atoms with van der Waals surface area (Å²) < 4.78 is 0. The quantitative estimate of drug-likeness (QED) is 0.843. The van der Waals surface area contributed by atoms with E-state index in [1.807, 2.05) is 26.0 Å². The van der Waals surface area contributed by atoms with Crippen molar-refractivity contribution in [3.63, 3.8) is 0 Å². The first-order valence-corrected chi connectivity index (χ1v) is 7.10. The highest BCUT2D eigenvalue weighted by atomic mass is 32.2. The van der Waals surface area contributed by atoms with Crippen LogP contribution in [-0.4, -0.2) is 22.8 Å². The van der Waals surface area contributed by atoms with Gasteiger partial charge >= 0.3 is 0 Å². The van der Waals surface area contributed by atoms with E-state index in [2.05, 4.69) is 0 Å². The van der Waals surface area contributed by atoms with Gasteiger partial charge in [0, 0.05) is 36.5 Å². The maximum Gasteiger partial charge on any atom is 0.228 e. The Bertz CT molecular complexity index is 542. The number of nitrogen functional groups attached to an aromatic ring is 1. The number of rotatable bonds is 2. The molecule has 1 aromatic rings. The van der Waals surface area contributed by atoms with Crippen LogP contribution in [0.5, 0.6) is 0 Å². The highest BCUT2D eigenvalue weighted by Gasteiger charge is 2.32. The number of nitrogens with two attached hydrogens (primary N) is 1. The second-order valence-electron chi connectivity index (χ2n) is 4.94. The monoisotopic (exact) mass is 278 g/mol. The Hall–Kier alpha value is -1.49. The third-order valence-corrected chi connectivity index (χ3v) is 4.28. The SMILES string of the molecule is CC(=O)SC1CC(=O)N(c2cc(C)c(N)cc2C)C1. The van der Waals surface area contributed by atoms with Crippen LogP contribution in [0.15, 0.2) is 12.1 Å². The van der Waals surface area contributed by atoms with E-state index in [0.29, 0.717) is 13.0 Å². The fourth-order valence-electron chi connectivity index (χ4n) is 2.34. The van der Waals surface area contributed by atoms with Crippen LogP contribution in [0.3, 0.4) is 0 Å². The molecule has 0 bridgehead atoms. The molecule has 1 aliphatic heterocycles. The molecule has 2 rings (SSSR count). The van der Waals surface area contributed by atoms with Gasteiger partial charge in [0.1, 0.15) is 0 Å².